The number of hydrogen-bond acceptors (Lipinski definition) is 4. The molecule has 2 aromatic rings. The van der Waals surface area contributed by atoms with E-state index in [4.69, 9.17) is 4.98 Å². The largest absolute Gasteiger partial charge is 0.298 e. The van der Waals surface area contributed by atoms with E-state index >= 15 is 0 Å². The van der Waals surface area contributed by atoms with Gasteiger partial charge >= 0.3 is 0 Å². The van der Waals surface area contributed by atoms with Crippen molar-refractivity contribution in [2.75, 3.05) is 13.1 Å². The molecule has 0 saturated carbocycles. The molecule has 1 atom stereocenters. The van der Waals surface area contributed by atoms with Crippen molar-refractivity contribution in [2.24, 2.45) is 0 Å². The minimum absolute atomic E-state index is 0.164. The van der Waals surface area contributed by atoms with Gasteiger partial charge in [0.05, 0.1) is 5.69 Å². The molecule has 0 radical (unpaired) electrons. The van der Waals surface area contributed by atoms with Crippen molar-refractivity contribution < 1.29 is 0 Å². The van der Waals surface area contributed by atoms with Crippen LogP contribution in [0.3, 0.4) is 0 Å². The number of nitrogens with zero attached hydrogens (tertiary/aromatic N) is 4. The van der Waals surface area contributed by atoms with Crippen LogP contribution in [0.15, 0.2) is 40.8 Å². The third-order valence-electron chi connectivity index (χ3n) is 5.87. The maximum Gasteiger partial charge on any atom is 0.257 e. The van der Waals surface area contributed by atoms with Gasteiger partial charge < -0.3 is 0 Å². The van der Waals surface area contributed by atoms with Gasteiger partial charge in [-0.1, -0.05) is 18.1 Å². The highest BCUT2D eigenvalue weighted by atomic mass is 16.1. The van der Waals surface area contributed by atoms with Crippen LogP contribution in [0.4, 0.5) is 0 Å². The zero-order valence-electron chi connectivity index (χ0n) is 15.3. The van der Waals surface area contributed by atoms with E-state index in [1.54, 1.807) is 6.20 Å². The molecule has 0 bridgehead atoms. The number of pyridine rings is 1. The average molecular weight is 358 g/mol. The molecule has 1 aliphatic carbocycles. The molecule has 2 aliphatic heterocycles. The number of aromatic nitrogens is 3. The van der Waals surface area contributed by atoms with Crippen molar-refractivity contribution in [3.63, 3.8) is 0 Å². The molecule has 0 unspecified atom stereocenters. The normalized spacial score (nSPS) is 21.2. The molecule has 5 nitrogen and oxygen atoms in total. The van der Waals surface area contributed by atoms with Crippen LogP contribution in [-0.4, -0.2) is 38.6 Å². The quantitative estimate of drug-likeness (QED) is 0.673. The van der Waals surface area contributed by atoms with Gasteiger partial charge in [-0.25, -0.2) is 9.97 Å². The molecule has 3 aliphatic rings. The third-order valence-corrected chi connectivity index (χ3v) is 5.87. The standard InChI is InChI=1S/C22H22N4O/c27-22-19-9-7-16(6-8-17-4-1-2-11-23-17)14-20(19)24-21-10-13-25-12-3-5-18(25)15-26(21)22/h1-2,4,7,11,18H,3,5,9-10,12-15H2/t18-/m0/s1. The number of fused-ring (bicyclic) bond motifs is 3. The fourth-order valence-electron chi connectivity index (χ4n) is 4.42. The summed E-state index contributed by atoms with van der Waals surface area (Å²) >= 11 is 0. The summed E-state index contributed by atoms with van der Waals surface area (Å²) in [4.78, 5) is 24.8. The van der Waals surface area contributed by atoms with Crippen molar-refractivity contribution in [1.29, 1.82) is 0 Å². The Hall–Kier alpha value is -2.71. The molecular formula is C22H22N4O. The monoisotopic (exact) mass is 358 g/mol. The summed E-state index contributed by atoms with van der Waals surface area (Å²) < 4.78 is 1.95. The molecular weight excluding hydrogens is 336 g/mol. The van der Waals surface area contributed by atoms with Crippen LogP contribution in [-0.2, 0) is 25.8 Å². The number of allylic oxidation sites excluding steroid dienone is 2. The lowest BCUT2D eigenvalue weighted by atomic mass is 9.96. The van der Waals surface area contributed by atoms with Crippen LogP contribution in [0.1, 0.15) is 35.6 Å². The van der Waals surface area contributed by atoms with E-state index < -0.39 is 0 Å². The first kappa shape index (κ1) is 16.5. The van der Waals surface area contributed by atoms with Gasteiger partial charge in [-0.3, -0.25) is 14.3 Å². The first-order valence-electron chi connectivity index (χ1n) is 9.75. The fourth-order valence-corrected chi connectivity index (χ4v) is 4.42. The Morgan fingerprint density at radius 2 is 2.15 bits per heavy atom. The van der Waals surface area contributed by atoms with E-state index in [1.807, 2.05) is 22.8 Å². The van der Waals surface area contributed by atoms with Crippen molar-refractivity contribution >= 4 is 0 Å². The average Bonchev–Trinajstić information content (AvgIpc) is 3.07. The SMILES string of the molecule is O=c1c2c(nc3n1C[C@@H]1CCCN1CC3)CC(C#Cc1ccccn1)=CC2. The summed E-state index contributed by atoms with van der Waals surface area (Å²) in [6.45, 7) is 2.96. The van der Waals surface area contributed by atoms with E-state index in [1.165, 1.54) is 12.8 Å². The van der Waals surface area contributed by atoms with Crippen LogP contribution in [0.5, 0.6) is 0 Å². The van der Waals surface area contributed by atoms with Crippen molar-refractivity contribution in [3.05, 3.63) is 69.2 Å². The molecule has 5 heteroatoms. The van der Waals surface area contributed by atoms with Gasteiger partial charge in [0.2, 0.25) is 0 Å². The number of hydrogen-bond donors (Lipinski definition) is 0. The predicted molar refractivity (Wildman–Crippen MR) is 103 cm³/mol. The lowest BCUT2D eigenvalue weighted by Gasteiger charge is -2.21. The van der Waals surface area contributed by atoms with Crippen molar-refractivity contribution in [2.45, 2.75) is 44.7 Å². The summed E-state index contributed by atoms with van der Waals surface area (Å²) in [6.07, 6.45) is 8.39. The molecule has 2 aromatic heterocycles. The summed E-state index contributed by atoms with van der Waals surface area (Å²) in [6, 6.07) is 6.23. The highest BCUT2D eigenvalue weighted by Gasteiger charge is 2.30. The molecule has 0 aromatic carbocycles. The molecule has 0 N–H and O–H groups in total. The molecule has 1 saturated heterocycles. The first-order valence-corrected chi connectivity index (χ1v) is 9.75. The zero-order valence-corrected chi connectivity index (χ0v) is 15.3. The summed E-state index contributed by atoms with van der Waals surface area (Å²) in [5.41, 5.74) is 3.73. The maximum absolute atomic E-state index is 13.1. The van der Waals surface area contributed by atoms with E-state index in [-0.39, 0.29) is 5.56 Å². The van der Waals surface area contributed by atoms with Gasteiger partial charge in [-0.2, -0.15) is 0 Å². The molecule has 4 heterocycles. The Bertz CT molecular complexity index is 1030. The molecule has 0 amide bonds. The summed E-state index contributed by atoms with van der Waals surface area (Å²) in [5, 5.41) is 0. The van der Waals surface area contributed by atoms with Gasteiger partial charge in [0.1, 0.15) is 11.5 Å². The highest BCUT2D eigenvalue weighted by molar-refractivity contribution is 5.43. The van der Waals surface area contributed by atoms with Gasteiger partial charge in [0.15, 0.2) is 0 Å². The maximum atomic E-state index is 13.1. The Labute approximate surface area is 158 Å². The first-order chi connectivity index (χ1) is 13.3. The van der Waals surface area contributed by atoms with Gasteiger partial charge in [-0.15, -0.1) is 0 Å². The van der Waals surface area contributed by atoms with E-state index in [9.17, 15) is 4.79 Å². The second-order valence-corrected chi connectivity index (χ2v) is 7.53. The lowest BCUT2D eigenvalue weighted by Crippen LogP contribution is -2.36. The lowest BCUT2D eigenvalue weighted by molar-refractivity contribution is 0.250. The molecule has 1 fully saturated rings. The molecule has 5 rings (SSSR count). The minimum atomic E-state index is 0.164. The smallest absolute Gasteiger partial charge is 0.257 e. The Morgan fingerprint density at radius 3 is 3.04 bits per heavy atom. The van der Waals surface area contributed by atoms with Crippen molar-refractivity contribution in [1.82, 2.24) is 19.4 Å². The molecule has 136 valence electrons. The Kier molecular flexibility index (Phi) is 4.14. The van der Waals surface area contributed by atoms with E-state index in [2.05, 4.69) is 27.8 Å². The summed E-state index contributed by atoms with van der Waals surface area (Å²) in [7, 11) is 0. The predicted octanol–water partition coefficient (Wildman–Crippen LogP) is 1.74. The zero-order chi connectivity index (χ0) is 18.2. The van der Waals surface area contributed by atoms with Crippen molar-refractivity contribution in [3.8, 4) is 11.8 Å². The van der Waals surface area contributed by atoms with Crippen LogP contribution in [0.2, 0.25) is 0 Å². The third kappa shape index (κ3) is 3.11. The van der Waals surface area contributed by atoms with Crippen LogP contribution in [0, 0.1) is 11.8 Å². The van der Waals surface area contributed by atoms with E-state index in [0.29, 0.717) is 18.9 Å². The van der Waals surface area contributed by atoms with Crippen LogP contribution in [0.25, 0.3) is 0 Å². The van der Waals surface area contributed by atoms with Gasteiger partial charge in [0, 0.05) is 49.3 Å². The Balaban J connectivity index is 1.44. The van der Waals surface area contributed by atoms with Gasteiger partial charge in [0.25, 0.3) is 5.56 Å². The molecule has 27 heavy (non-hydrogen) atoms. The molecule has 0 spiro atoms. The Morgan fingerprint density at radius 1 is 1.19 bits per heavy atom. The highest BCUT2D eigenvalue weighted by Crippen LogP contribution is 2.23. The fraction of sp³-hybridized carbons (Fsp3) is 0.409. The second kappa shape index (κ2) is 6.79. The van der Waals surface area contributed by atoms with Crippen LogP contribution < -0.4 is 5.56 Å². The van der Waals surface area contributed by atoms with Crippen LogP contribution >= 0.6 is 0 Å². The topological polar surface area (TPSA) is 51.0 Å². The number of rotatable bonds is 0. The van der Waals surface area contributed by atoms with E-state index in [0.717, 1.165) is 54.4 Å². The summed E-state index contributed by atoms with van der Waals surface area (Å²) in [5.74, 6) is 7.28. The van der Waals surface area contributed by atoms with Gasteiger partial charge in [-0.05, 0) is 43.9 Å². The minimum Gasteiger partial charge on any atom is -0.298 e. The second-order valence-electron chi connectivity index (χ2n) is 7.53.